The summed E-state index contributed by atoms with van der Waals surface area (Å²) in [5.41, 5.74) is 0. The van der Waals surface area contributed by atoms with Gasteiger partial charge in [-0.2, -0.15) is 0 Å². The van der Waals surface area contributed by atoms with E-state index in [-0.39, 0.29) is 35.5 Å². The van der Waals surface area contributed by atoms with Crippen molar-refractivity contribution in [1.82, 2.24) is 0 Å². The van der Waals surface area contributed by atoms with Crippen LogP contribution in [0.2, 0.25) is 0 Å². The monoisotopic (exact) mass is 396 g/mol. The number of hydrogen-bond donors (Lipinski definition) is 1. The molecule has 0 saturated carbocycles. The molecule has 0 aliphatic carbocycles. The maximum absolute atomic E-state index is 11.2. The van der Waals surface area contributed by atoms with Crippen LogP contribution in [0.3, 0.4) is 0 Å². The Morgan fingerprint density at radius 1 is 0.667 bits per heavy atom. The molecule has 27 heavy (non-hydrogen) atoms. The molecule has 0 aromatic rings. The van der Waals surface area contributed by atoms with Gasteiger partial charge in [0.15, 0.2) is 0 Å². The van der Waals surface area contributed by atoms with Crippen LogP contribution in [0.4, 0.5) is 0 Å². The zero-order valence-electron chi connectivity index (χ0n) is 17.7. The van der Waals surface area contributed by atoms with E-state index < -0.39 is 5.97 Å². The maximum atomic E-state index is 11.2. The molecule has 0 atom stereocenters. The summed E-state index contributed by atoms with van der Waals surface area (Å²) in [6, 6.07) is 0. The zero-order chi connectivity index (χ0) is 19.9. The summed E-state index contributed by atoms with van der Waals surface area (Å²) < 4.78 is 4.92. The van der Waals surface area contributed by atoms with Gasteiger partial charge in [0.1, 0.15) is 0 Å². The van der Waals surface area contributed by atoms with Crippen LogP contribution >= 0.6 is 0 Å². The van der Waals surface area contributed by atoms with Crippen molar-refractivity contribution < 1.29 is 19.4 Å². The normalized spacial score (nSPS) is 9.74. The van der Waals surface area contributed by atoms with Crippen LogP contribution in [0.25, 0.3) is 0 Å². The number of esters is 1. The van der Waals surface area contributed by atoms with Gasteiger partial charge < -0.3 is 9.84 Å². The molecule has 0 aliphatic heterocycles. The molecular formula is C22H45NaO4. The second-order valence-corrected chi connectivity index (χ2v) is 7.02. The van der Waals surface area contributed by atoms with E-state index in [1.54, 1.807) is 0 Å². The Labute approximate surface area is 190 Å². The van der Waals surface area contributed by atoms with Crippen LogP contribution < -0.4 is 0 Å². The van der Waals surface area contributed by atoms with Gasteiger partial charge in [-0.1, -0.05) is 96.8 Å². The van der Waals surface area contributed by atoms with Crippen molar-refractivity contribution in [1.29, 1.82) is 0 Å². The van der Waals surface area contributed by atoms with Gasteiger partial charge in [-0.05, 0) is 13.3 Å². The molecule has 0 spiro atoms. The summed E-state index contributed by atoms with van der Waals surface area (Å²) in [5, 5.41) is 7.42. The van der Waals surface area contributed by atoms with Crippen LogP contribution in [0.5, 0.6) is 0 Å². The van der Waals surface area contributed by atoms with E-state index in [2.05, 4.69) is 6.92 Å². The van der Waals surface area contributed by atoms with Crippen molar-refractivity contribution >= 4 is 41.5 Å². The number of ether oxygens (including phenoxy) is 1. The fraction of sp³-hybridized carbons (Fsp3) is 0.909. The molecule has 0 amide bonds. The molecule has 0 rings (SSSR count). The Hall–Kier alpha value is -0.0600. The van der Waals surface area contributed by atoms with Gasteiger partial charge in [0.2, 0.25) is 0 Å². The summed E-state index contributed by atoms with van der Waals surface area (Å²) in [6.45, 7) is 5.74. The van der Waals surface area contributed by atoms with Crippen molar-refractivity contribution in [2.45, 2.75) is 124 Å². The van der Waals surface area contributed by atoms with Crippen molar-refractivity contribution in [3.8, 4) is 0 Å². The molecule has 0 unspecified atom stereocenters. The number of carbonyl (C=O) groups is 2. The second-order valence-electron chi connectivity index (χ2n) is 7.02. The topological polar surface area (TPSA) is 63.6 Å². The van der Waals surface area contributed by atoms with E-state index in [0.29, 0.717) is 13.0 Å². The predicted octanol–water partition coefficient (Wildman–Crippen LogP) is 6.25. The fourth-order valence-corrected chi connectivity index (χ4v) is 2.87. The number of carboxylic acids is 1. The van der Waals surface area contributed by atoms with Crippen LogP contribution in [0.15, 0.2) is 0 Å². The predicted molar refractivity (Wildman–Crippen MR) is 117 cm³/mol. The summed E-state index contributed by atoms with van der Waals surface area (Å²) in [7, 11) is 0. The van der Waals surface area contributed by atoms with E-state index in [9.17, 15) is 4.79 Å². The van der Waals surface area contributed by atoms with Crippen molar-refractivity contribution in [2.75, 3.05) is 6.61 Å². The quantitative estimate of drug-likeness (QED) is 0.179. The van der Waals surface area contributed by atoms with Gasteiger partial charge >= 0.3 is 35.5 Å². The molecule has 0 radical (unpaired) electrons. The number of rotatable bonds is 17. The Kier molecular flexibility index (Phi) is 33.0. The number of aliphatic carboxylic acids is 1. The number of carboxylic acid groups (broad SMARTS) is 1. The van der Waals surface area contributed by atoms with Gasteiger partial charge in [-0.25, -0.2) is 0 Å². The Morgan fingerprint density at radius 3 is 1.26 bits per heavy atom. The van der Waals surface area contributed by atoms with Gasteiger partial charge in [0.25, 0.3) is 5.97 Å². The van der Waals surface area contributed by atoms with Gasteiger partial charge in [0.05, 0.1) is 6.61 Å². The summed E-state index contributed by atoms with van der Waals surface area (Å²) in [6.07, 6.45) is 21.0. The van der Waals surface area contributed by atoms with Crippen molar-refractivity contribution in [3.05, 3.63) is 0 Å². The van der Waals surface area contributed by atoms with Gasteiger partial charge in [-0.15, -0.1) is 0 Å². The molecule has 0 bridgehead atoms. The minimum absolute atomic E-state index is 0. The standard InChI is InChI=1S/C20H40O2.C2H4O2.Na.H/c1-3-5-6-7-8-9-10-11-12-13-14-15-16-17-18-19-20(21)22-4-2;1-2(3)4;;/h3-19H2,1-2H3;1H3,(H,3,4);;. The van der Waals surface area contributed by atoms with E-state index >= 15 is 0 Å². The first kappa shape index (κ1) is 31.6. The molecule has 0 saturated heterocycles. The first-order valence-electron chi connectivity index (χ1n) is 10.9. The molecule has 0 aromatic heterocycles. The molecule has 1 N–H and O–H groups in total. The average Bonchev–Trinajstić information content (AvgIpc) is 2.58. The number of unbranched alkanes of at least 4 members (excludes halogenated alkanes) is 14. The van der Waals surface area contributed by atoms with E-state index in [1.807, 2.05) is 6.92 Å². The SMILES string of the molecule is CC(=O)O.CCCCCCCCCCCCCCCCCC(=O)OCC.[NaH]. The number of carbonyl (C=O) groups excluding carboxylic acids is 1. The van der Waals surface area contributed by atoms with Crippen molar-refractivity contribution in [3.63, 3.8) is 0 Å². The van der Waals surface area contributed by atoms with Crippen molar-refractivity contribution in [2.24, 2.45) is 0 Å². The molecule has 5 heteroatoms. The average molecular weight is 397 g/mol. The summed E-state index contributed by atoms with van der Waals surface area (Å²) >= 11 is 0. The van der Waals surface area contributed by atoms with Gasteiger partial charge in [-0.3, -0.25) is 9.59 Å². The molecule has 0 heterocycles. The van der Waals surface area contributed by atoms with E-state index in [1.165, 1.54) is 89.9 Å². The Morgan fingerprint density at radius 2 is 0.963 bits per heavy atom. The van der Waals surface area contributed by atoms with Gasteiger partial charge in [0, 0.05) is 13.3 Å². The van der Waals surface area contributed by atoms with E-state index in [4.69, 9.17) is 14.6 Å². The molecule has 0 aliphatic rings. The molecular weight excluding hydrogens is 351 g/mol. The van der Waals surface area contributed by atoms with Crippen LogP contribution in [-0.4, -0.2) is 53.2 Å². The third-order valence-corrected chi connectivity index (χ3v) is 4.29. The third-order valence-electron chi connectivity index (χ3n) is 4.29. The third kappa shape index (κ3) is 37.4. The fourth-order valence-electron chi connectivity index (χ4n) is 2.87. The molecule has 158 valence electrons. The van der Waals surface area contributed by atoms with Crippen LogP contribution in [0, 0.1) is 0 Å². The minimum atomic E-state index is -0.833. The van der Waals surface area contributed by atoms with Crippen LogP contribution in [0.1, 0.15) is 124 Å². The Bertz CT molecular complexity index is 305. The summed E-state index contributed by atoms with van der Waals surface area (Å²) in [4.78, 5) is 20.2. The van der Waals surface area contributed by atoms with E-state index in [0.717, 1.165) is 13.3 Å². The zero-order valence-corrected chi connectivity index (χ0v) is 17.7. The first-order valence-corrected chi connectivity index (χ1v) is 10.9. The first-order chi connectivity index (χ1) is 12.5. The number of hydrogen-bond acceptors (Lipinski definition) is 3. The second kappa shape index (κ2) is 28.2. The molecule has 0 fully saturated rings. The molecule has 4 nitrogen and oxygen atoms in total. The summed E-state index contributed by atoms with van der Waals surface area (Å²) in [5.74, 6) is -0.864. The van der Waals surface area contributed by atoms with Crippen LogP contribution in [-0.2, 0) is 14.3 Å². The Balaban J connectivity index is -0.00000104. The molecule has 0 aromatic carbocycles.